The van der Waals surface area contributed by atoms with Crippen LogP contribution in [0.15, 0.2) is 12.2 Å². The molecule has 21 heavy (non-hydrogen) atoms. The third-order valence-electron chi connectivity index (χ3n) is 4.70. The summed E-state index contributed by atoms with van der Waals surface area (Å²) in [4.78, 5) is 36.6. The highest BCUT2D eigenvalue weighted by Gasteiger charge is 2.46. The topological polar surface area (TPSA) is 74.7 Å². The number of carbonyl (C=O) groups is 3. The van der Waals surface area contributed by atoms with Gasteiger partial charge in [0.1, 0.15) is 0 Å². The van der Waals surface area contributed by atoms with Crippen molar-refractivity contribution in [2.75, 3.05) is 6.54 Å². The maximum atomic E-state index is 12.3. The average molecular weight is 293 g/mol. The van der Waals surface area contributed by atoms with Crippen LogP contribution in [0.2, 0.25) is 0 Å². The molecule has 2 rings (SSSR count). The van der Waals surface area contributed by atoms with E-state index in [0.29, 0.717) is 32.2 Å². The fourth-order valence-corrected chi connectivity index (χ4v) is 3.28. The number of likely N-dealkylation sites (tertiary alicyclic amines) is 1. The average Bonchev–Trinajstić information content (AvgIpc) is 2.72. The van der Waals surface area contributed by atoms with E-state index in [-0.39, 0.29) is 36.0 Å². The third-order valence-corrected chi connectivity index (χ3v) is 4.70. The van der Waals surface area contributed by atoms with E-state index < -0.39 is 5.97 Å². The number of nitrogens with zero attached hydrogens (tertiary/aromatic N) is 1. The summed E-state index contributed by atoms with van der Waals surface area (Å²) in [5.74, 6) is -0.950. The monoisotopic (exact) mass is 293 g/mol. The van der Waals surface area contributed by atoms with Gasteiger partial charge < -0.3 is 5.11 Å². The van der Waals surface area contributed by atoms with Crippen molar-refractivity contribution in [3.63, 3.8) is 0 Å². The second kappa shape index (κ2) is 6.87. The zero-order chi connectivity index (χ0) is 15.4. The molecule has 0 aromatic rings. The maximum Gasteiger partial charge on any atom is 0.303 e. The van der Waals surface area contributed by atoms with E-state index in [0.717, 1.165) is 6.42 Å². The van der Waals surface area contributed by atoms with Gasteiger partial charge in [0.2, 0.25) is 11.8 Å². The van der Waals surface area contributed by atoms with E-state index in [4.69, 9.17) is 5.11 Å². The standard InChI is InChI=1S/C16H23NO4/c1-2-11(7-8-14(18)19)9-10-17-15(20)12-5-3-4-6-13(12)16(17)21/h3-4,11-13H,2,5-10H2,1H3,(H,18,19). The van der Waals surface area contributed by atoms with Gasteiger partial charge in [0.05, 0.1) is 11.8 Å². The van der Waals surface area contributed by atoms with Gasteiger partial charge in [-0.2, -0.15) is 0 Å². The molecule has 0 aromatic carbocycles. The van der Waals surface area contributed by atoms with Crippen molar-refractivity contribution in [3.05, 3.63) is 12.2 Å². The number of hydrogen-bond acceptors (Lipinski definition) is 3. The molecule has 0 radical (unpaired) electrons. The number of aliphatic carboxylic acids is 1. The summed E-state index contributed by atoms with van der Waals surface area (Å²) >= 11 is 0. The second-order valence-corrected chi connectivity index (χ2v) is 5.98. The lowest BCUT2D eigenvalue weighted by atomic mass is 9.85. The minimum atomic E-state index is -0.793. The second-order valence-electron chi connectivity index (χ2n) is 5.98. The Balaban J connectivity index is 1.89. The van der Waals surface area contributed by atoms with Crippen molar-refractivity contribution in [2.24, 2.45) is 17.8 Å². The fourth-order valence-electron chi connectivity index (χ4n) is 3.28. The van der Waals surface area contributed by atoms with Crippen LogP contribution in [-0.2, 0) is 14.4 Å². The number of imide groups is 1. The quantitative estimate of drug-likeness (QED) is 0.577. The lowest BCUT2D eigenvalue weighted by Gasteiger charge is -2.19. The van der Waals surface area contributed by atoms with Crippen molar-refractivity contribution < 1.29 is 19.5 Å². The molecule has 2 amide bonds. The van der Waals surface area contributed by atoms with Crippen LogP contribution in [0, 0.1) is 17.8 Å². The Bertz CT molecular complexity index is 431. The summed E-state index contributed by atoms with van der Waals surface area (Å²) in [5.41, 5.74) is 0. The molecule has 3 atom stereocenters. The number of fused-ring (bicyclic) bond motifs is 1. The van der Waals surface area contributed by atoms with Crippen LogP contribution in [0.25, 0.3) is 0 Å². The van der Waals surface area contributed by atoms with Gasteiger partial charge in [-0.15, -0.1) is 0 Å². The molecule has 0 bridgehead atoms. The Morgan fingerprint density at radius 2 is 1.81 bits per heavy atom. The van der Waals surface area contributed by atoms with E-state index in [1.165, 1.54) is 4.90 Å². The molecule has 5 heteroatoms. The normalized spacial score (nSPS) is 26.0. The predicted molar refractivity (Wildman–Crippen MR) is 77.3 cm³/mol. The van der Waals surface area contributed by atoms with Gasteiger partial charge in [0.25, 0.3) is 0 Å². The van der Waals surface area contributed by atoms with Crippen molar-refractivity contribution in [2.45, 2.75) is 45.4 Å². The first-order chi connectivity index (χ1) is 10.0. The van der Waals surface area contributed by atoms with Crippen LogP contribution in [0.4, 0.5) is 0 Å². The number of carbonyl (C=O) groups excluding carboxylic acids is 2. The van der Waals surface area contributed by atoms with Crippen LogP contribution < -0.4 is 0 Å². The van der Waals surface area contributed by atoms with E-state index in [9.17, 15) is 14.4 Å². The lowest BCUT2D eigenvalue weighted by Crippen LogP contribution is -2.33. The highest BCUT2D eigenvalue weighted by molar-refractivity contribution is 6.05. The van der Waals surface area contributed by atoms with E-state index in [1.807, 2.05) is 19.1 Å². The van der Waals surface area contributed by atoms with Crippen LogP contribution in [-0.4, -0.2) is 34.3 Å². The summed E-state index contributed by atoms with van der Waals surface area (Å²) < 4.78 is 0. The summed E-state index contributed by atoms with van der Waals surface area (Å²) in [6.45, 7) is 2.45. The minimum absolute atomic E-state index is 0.0394. The van der Waals surface area contributed by atoms with Crippen LogP contribution in [0.3, 0.4) is 0 Å². The Morgan fingerprint density at radius 3 is 2.29 bits per heavy atom. The number of rotatable bonds is 7. The fraction of sp³-hybridized carbons (Fsp3) is 0.688. The van der Waals surface area contributed by atoms with Gasteiger partial charge in [-0.3, -0.25) is 19.3 Å². The zero-order valence-corrected chi connectivity index (χ0v) is 12.5. The van der Waals surface area contributed by atoms with E-state index in [2.05, 4.69) is 0 Å². The first-order valence-corrected chi connectivity index (χ1v) is 7.76. The highest BCUT2D eigenvalue weighted by Crippen LogP contribution is 2.35. The van der Waals surface area contributed by atoms with Crippen molar-refractivity contribution in [3.8, 4) is 0 Å². The molecule has 3 unspecified atom stereocenters. The molecule has 0 saturated carbocycles. The molecule has 1 heterocycles. The Hall–Kier alpha value is -1.65. The Labute approximate surface area is 125 Å². The number of carboxylic acids is 1. The lowest BCUT2D eigenvalue weighted by molar-refractivity contribution is -0.141. The molecule has 1 aliphatic heterocycles. The van der Waals surface area contributed by atoms with Gasteiger partial charge >= 0.3 is 5.97 Å². The first kappa shape index (κ1) is 15.7. The third kappa shape index (κ3) is 3.52. The van der Waals surface area contributed by atoms with Crippen molar-refractivity contribution in [1.29, 1.82) is 0 Å². The Morgan fingerprint density at radius 1 is 1.24 bits per heavy atom. The van der Waals surface area contributed by atoms with Gasteiger partial charge in [-0.25, -0.2) is 0 Å². The summed E-state index contributed by atoms with van der Waals surface area (Å²) in [6, 6.07) is 0. The number of allylic oxidation sites excluding steroid dienone is 2. The SMILES string of the molecule is CCC(CCC(=O)O)CCN1C(=O)C2CC=CCC2C1=O. The molecule has 1 fully saturated rings. The molecular weight excluding hydrogens is 270 g/mol. The predicted octanol–water partition coefficient (Wildman–Crippen LogP) is 2.22. The number of carboxylic acid groups (broad SMARTS) is 1. The summed E-state index contributed by atoms with van der Waals surface area (Å²) in [7, 11) is 0. The summed E-state index contributed by atoms with van der Waals surface area (Å²) in [5, 5.41) is 8.74. The van der Waals surface area contributed by atoms with Gasteiger partial charge in [-0.1, -0.05) is 25.5 Å². The number of hydrogen-bond donors (Lipinski definition) is 1. The highest BCUT2D eigenvalue weighted by atomic mass is 16.4. The Kier molecular flexibility index (Phi) is 5.15. The van der Waals surface area contributed by atoms with E-state index in [1.54, 1.807) is 0 Å². The molecular formula is C16H23NO4. The molecule has 1 aliphatic carbocycles. The molecule has 5 nitrogen and oxygen atoms in total. The van der Waals surface area contributed by atoms with Crippen LogP contribution in [0.1, 0.15) is 45.4 Å². The molecule has 0 aromatic heterocycles. The van der Waals surface area contributed by atoms with Gasteiger partial charge in [0.15, 0.2) is 0 Å². The van der Waals surface area contributed by atoms with Crippen LogP contribution >= 0.6 is 0 Å². The van der Waals surface area contributed by atoms with Crippen molar-refractivity contribution in [1.82, 2.24) is 4.90 Å². The van der Waals surface area contributed by atoms with Crippen molar-refractivity contribution >= 4 is 17.8 Å². The number of amides is 2. The molecule has 1 saturated heterocycles. The van der Waals surface area contributed by atoms with Crippen LogP contribution in [0.5, 0.6) is 0 Å². The van der Waals surface area contributed by atoms with Gasteiger partial charge in [-0.05, 0) is 31.6 Å². The zero-order valence-electron chi connectivity index (χ0n) is 12.5. The smallest absolute Gasteiger partial charge is 0.303 e. The minimum Gasteiger partial charge on any atom is -0.481 e. The van der Waals surface area contributed by atoms with E-state index >= 15 is 0 Å². The molecule has 2 aliphatic rings. The molecule has 1 N–H and O–H groups in total. The molecule has 116 valence electrons. The van der Waals surface area contributed by atoms with Gasteiger partial charge in [0, 0.05) is 13.0 Å². The largest absolute Gasteiger partial charge is 0.481 e. The summed E-state index contributed by atoms with van der Waals surface area (Å²) in [6.07, 6.45) is 7.64. The maximum absolute atomic E-state index is 12.3. The first-order valence-electron chi connectivity index (χ1n) is 7.76. The molecule has 0 spiro atoms.